The Morgan fingerprint density at radius 3 is 2.10 bits per heavy atom. The van der Waals surface area contributed by atoms with E-state index >= 15 is 0 Å². The van der Waals surface area contributed by atoms with E-state index in [1.165, 1.54) is 10.5 Å². The van der Waals surface area contributed by atoms with Gasteiger partial charge in [0.15, 0.2) is 0 Å². The van der Waals surface area contributed by atoms with Gasteiger partial charge in [-0.15, -0.1) is 0 Å². The fraction of sp³-hybridized carbons (Fsp3) is 0.385. The van der Waals surface area contributed by atoms with Crippen LogP contribution in [-0.4, -0.2) is 36.0 Å². The number of anilines is 1. The van der Waals surface area contributed by atoms with E-state index in [4.69, 9.17) is 4.74 Å². The van der Waals surface area contributed by atoms with Crippen LogP contribution in [0.25, 0.3) is 5.57 Å². The lowest BCUT2D eigenvalue weighted by atomic mass is 9.87. The lowest BCUT2D eigenvalue weighted by Crippen LogP contribution is -2.35. The molecule has 0 saturated heterocycles. The molecule has 0 aliphatic carbocycles. The average molecular weight is 421 g/mol. The Hall–Kier alpha value is -2.92. The van der Waals surface area contributed by atoms with E-state index in [0.29, 0.717) is 17.9 Å². The SMILES string of the molecule is Cc1ccc(C2=C(Nc3ccc(C(C)(C)C)cc3)C(=O)N(CCOC(C)C)C2=O)cc1. The quantitative estimate of drug-likeness (QED) is 0.647. The number of carbonyl (C=O) groups excluding carboxylic acids is 2. The Balaban J connectivity index is 1.93. The number of amides is 2. The van der Waals surface area contributed by atoms with Gasteiger partial charge in [-0.05, 0) is 49.4 Å². The summed E-state index contributed by atoms with van der Waals surface area (Å²) in [4.78, 5) is 27.7. The van der Waals surface area contributed by atoms with Crippen LogP contribution in [0.3, 0.4) is 0 Å². The summed E-state index contributed by atoms with van der Waals surface area (Å²) < 4.78 is 5.57. The molecule has 0 spiro atoms. The molecule has 2 aromatic rings. The molecule has 1 aliphatic rings. The molecule has 0 fully saturated rings. The van der Waals surface area contributed by atoms with E-state index in [9.17, 15) is 9.59 Å². The number of hydrogen-bond donors (Lipinski definition) is 1. The second-order valence-electron chi connectivity index (χ2n) is 9.25. The molecule has 3 rings (SSSR count). The fourth-order valence-corrected chi connectivity index (χ4v) is 3.46. The smallest absolute Gasteiger partial charge is 0.278 e. The molecule has 164 valence electrons. The molecule has 0 bridgehead atoms. The van der Waals surface area contributed by atoms with Crippen LogP contribution in [0.15, 0.2) is 54.2 Å². The molecule has 0 radical (unpaired) electrons. The Kier molecular flexibility index (Phi) is 6.65. The number of rotatable bonds is 7. The molecular weight excluding hydrogens is 388 g/mol. The number of benzene rings is 2. The minimum absolute atomic E-state index is 0.0382. The first kappa shape index (κ1) is 22.8. The highest BCUT2D eigenvalue weighted by Gasteiger charge is 2.39. The minimum atomic E-state index is -0.326. The normalized spacial score (nSPS) is 14.7. The van der Waals surface area contributed by atoms with Gasteiger partial charge in [-0.2, -0.15) is 0 Å². The summed E-state index contributed by atoms with van der Waals surface area (Å²) >= 11 is 0. The van der Waals surface area contributed by atoms with Crippen molar-refractivity contribution in [2.45, 2.75) is 53.1 Å². The molecule has 2 amide bonds. The molecule has 1 heterocycles. The molecule has 1 aliphatic heterocycles. The van der Waals surface area contributed by atoms with Crippen LogP contribution in [0.5, 0.6) is 0 Å². The first-order chi connectivity index (χ1) is 14.6. The van der Waals surface area contributed by atoms with Crippen LogP contribution < -0.4 is 5.32 Å². The molecule has 0 unspecified atom stereocenters. The summed E-state index contributed by atoms with van der Waals surface area (Å²) in [5, 5.41) is 3.22. The van der Waals surface area contributed by atoms with Gasteiger partial charge in [-0.3, -0.25) is 14.5 Å². The molecule has 31 heavy (non-hydrogen) atoms. The zero-order valence-corrected chi connectivity index (χ0v) is 19.3. The van der Waals surface area contributed by atoms with Crippen LogP contribution >= 0.6 is 0 Å². The predicted octanol–water partition coefficient (Wildman–Crippen LogP) is 4.91. The molecule has 1 N–H and O–H groups in total. The van der Waals surface area contributed by atoms with Gasteiger partial charge in [0.05, 0.1) is 24.8 Å². The maximum absolute atomic E-state index is 13.2. The van der Waals surface area contributed by atoms with E-state index < -0.39 is 0 Å². The van der Waals surface area contributed by atoms with Crippen molar-refractivity contribution in [3.05, 3.63) is 70.9 Å². The van der Waals surface area contributed by atoms with E-state index in [1.807, 2.05) is 69.3 Å². The fourth-order valence-electron chi connectivity index (χ4n) is 3.46. The zero-order chi connectivity index (χ0) is 22.8. The minimum Gasteiger partial charge on any atom is -0.377 e. The Labute approximate surface area is 185 Å². The Morgan fingerprint density at radius 2 is 1.55 bits per heavy atom. The van der Waals surface area contributed by atoms with Crippen LogP contribution in [-0.2, 0) is 19.7 Å². The summed E-state index contributed by atoms with van der Waals surface area (Å²) in [7, 11) is 0. The maximum atomic E-state index is 13.2. The molecule has 0 saturated carbocycles. The zero-order valence-electron chi connectivity index (χ0n) is 19.3. The van der Waals surface area contributed by atoms with Gasteiger partial charge in [-0.25, -0.2) is 0 Å². The Morgan fingerprint density at radius 1 is 0.935 bits per heavy atom. The predicted molar refractivity (Wildman–Crippen MR) is 125 cm³/mol. The molecular formula is C26H32N2O3. The van der Waals surface area contributed by atoms with Crippen LogP contribution in [0, 0.1) is 6.92 Å². The van der Waals surface area contributed by atoms with Gasteiger partial charge < -0.3 is 10.1 Å². The molecule has 5 heteroatoms. The van der Waals surface area contributed by atoms with Gasteiger partial charge in [-0.1, -0.05) is 62.7 Å². The van der Waals surface area contributed by atoms with Gasteiger partial charge >= 0.3 is 0 Å². The largest absolute Gasteiger partial charge is 0.377 e. The van der Waals surface area contributed by atoms with Crippen molar-refractivity contribution < 1.29 is 14.3 Å². The number of imide groups is 1. The number of nitrogens with one attached hydrogen (secondary N) is 1. The standard InChI is InChI=1S/C26H32N2O3/c1-17(2)31-16-15-28-24(29)22(19-9-7-18(3)8-10-19)23(25(28)30)27-21-13-11-20(12-14-21)26(4,5)6/h7-14,17,27H,15-16H2,1-6H3. The van der Waals surface area contributed by atoms with Crippen molar-refractivity contribution in [3.63, 3.8) is 0 Å². The van der Waals surface area contributed by atoms with E-state index in [-0.39, 0.29) is 29.9 Å². The number of hydrogen-bond acceptors (Lipinski definition) is 4. The first-order valence-electron chi connectivity index (χ1n) is 10.7. The maximum Gasteiger partial charge on any atom is 0.278 e. The highest BCUT2D eigenvalue weighted by molar-refractivity contribution is 6.36. The molecule has 0 aromatic heterocycles. The highest BCUT2D eigenvalue weighted by Crippen LogP contribution is 2.31. The van der Waals surface area contributed by atoms with Gasteiger partial charge in [0.1, 0.15) is 5.70 Å². The molecule has 5 nitrogen and oxygen atoms in total. The summed E-state index contributed by atoms with van der Waals surface area (Å²) in [6.07, 6.45) is 0.0382. The lowest BCUT2D eigenvalue weighted by molar-refractivity contribution is -0.137. The van der Waals surface area contributed by atoms with Crippen molar-refractivity contribution >= 4 is 23.1 Å². The first-order valence-corrected chi connectivity index (χ1v) is 10.7. The number of aryl methyl sites for hydroxylation is 1. The van der Waals surface area contributed by atoms with Crippen LogP contribution in [0.4, 0.5) is 5.69 Å². The van der Waals surface area contributed by atoms with Crippen molar-refractivity contribution in [2.24, 2.45) is 0 Å². The number of nitrogens with zero attached hydrogens (tertiary/aromatic N) is 1. The van der Waals surface area contributed by atoms with Crippen molar-refractivity contribution in [3.8, 4) is 0 Å². The topological polar surface area (TPSA) is 58.6 Å². The monoisotopic (exact) mass is 420 g/mol. The number of carbonyl (C=O) groups is 2. The van der Waals surface area contributed by atoms with Gasteiger partial charge in [0.2, 0.25) is 0 Å². The van der Waals surface area contributed by atoms with E-state index in [0.717, 1.165) is 16.8 Å². The van der Waals surface area contributed by atoms with E-state index in [2.05, 4.69) is 26.1 Å². The second-order valence-corrected chi connectivity index (χ2v) is 9.25. The van der Waals surface area contributed by atoms with Gasteiger partial charge in [0.25, 0.3) is 11.8 Å². The summed E-state index contributed by atoms with van der Waals surface area (Å²) in [6.45, 7) is 12.8. The van der Waals surface area contributed by atoms with Crippen molar-refractivity contribution in [1.29, 1.82) is 0 Å². The van der Waals surface area contributed by atoms with Crippen molar-refractivity contribution in [1.82, 2.24) is 4.90 Å². The van der Waals surface area contributed by atoms with Crippen LogP contribution in [0.1, 0.15) is 51.3 Å². The van der Waals surface area contributed by atoms with Crippen LogP contribution in [0.2, 0.25) is 0 Å². The molecule has 0 atom stereocenters. The summed E-state index contributed by atoms with van der Waals surface area (Å²) in [5.74, 6) is -0.622. The second kappa shape index (κ2) is 9.06. The van der Waals surface area contributed by atoms with Gasteiger partial charge in [0, 0.05) is 5.69 Å². The third-order valence-corrected chi connectivity index (χ3v) is 5.29. The summed E-state index contributed by atoms with van der Waals surface area (Å²) in [5.41, 5.74) is 4.54. The van der Waals surface area contributed by atoms with Crippen molar-refractivity contribution in [2.75, 3.05) is 18.5 Å². The Bertz CT molecular complexity index is 981. The third kappa shape index (κ3) is 5.23. The molecule has 2 aromatic carbocycles. The lowest BCUT2D eigenvalue weighted by Gasteiger charge is -2.19. The third-order valence-electron chi connectivity index (χ3n) is 5.29. The van der Waals surface area contributed by atoms with E-state index in [1.54, 1.807) is 0 Å². The highest BCUT2D eigenvalue weighted by atomic mass is 16.5. The number of ether oxygens (including phenoxy) is 1. The summed E-state index contributed by atoms with van der Waals surface area (Å²) in [6, 6.07) is 15.6. The average Bonchev–Trinajstić information content (AvgIpc) is 2.92.